The van der Waals surface area contributed by atoms with Crippen LogP contribution in [-0.4, -0.2) is 34.5 Å². The molecule has 0 amide bonds. The fourth-order valence-corrected chi connectivity index (χ4v) is 3.00. The lowest BCUT2D eigenvalue weighted by molar-refractivity contribution is 0.106. The van der Waals surface area contributed by atoms with Gasteiger partial charge in [0.15, 0.2) is 0 Å². The second kappa shape index (κ2) is 8.81. The topological polar surface area (TPSA) is 80.4 Å². The number of rotatable bonds is 8. The molecule has 0 unspecified atom stereocenters. The molecular weight excluding hydrogens is 373 g/mol. The van der Waals surface area contributed by atoms with Gasteiger partial charge in [-0.25, -0.2) is 9.37 Å². The van der Waals surface area contributed by atoms with Gasteiger partial charge in [-0.15, -0.1) is 0 Å². The zero-order chi connectivity index (χ0) is 20.1. The molecule has 0 aliphatic rings. The molecule has 148 valence electrons. The number of ether oxygens (including phenoxy) is 1. The third-order valence-electron chi connectivity index (χ3n) is 4.40. The van der Waals surface area contributed by atoms with Crippen LogP contribution in [0.1, 0.15) is 5.56 Å². The molecule has 2 N–H and O–H groups in total. The Balaban J connectivity index is 1.32. The summed E-state index contributed by atoms with van der Waals surface area (Å²) in [6.07, 6.45) is 0.949. The lowest BCUT2D eigenvalue weighted by Gasteiger charge is -2.14. The highest BCUT2D eigenvalue weighted by Crippen LogP contribution is 2.28. The average molecular weight is 393 g/mol. The van der Waals surface area contributed by atoms with Crippen LogP contribution in [0.3, 0.4) is 0 Å². The predicted octanol–water partition coefficient (Wildman–Crippen LogP) is 3.56. The summed E-state index contributed by atoms with van der Waals surface area (Å²) in [6, 6.07) is 17.5. The van der Waals surface area contributed by atoms with Gasteiger partial charge in [0.2, 0.25) is 0 Å². The molecule has 0 saturated heterocycles. The Bertz CT molecular complexity index is 1100. The minimum absolute atomic E-state index is 0.126. The van der Waals surface area contributed by atoms with Crippen LogP contribution < -0.4 is 10.1 Å². The number of nitrogens with one attached hydrogen (secondary N) is 1. The van der Waals surface area contributed by atoms with Crippen molar-refractivity contribution < 1.29 is 18.8 Å². The molecule has 2 aromatic carbocycles. The van der Waals surface area contributed by atoms with E-state index < -0.39 is 6.10 Å². The molecule has 2 heterocycles. The summed E-state index contributed by atoms with van der Waals surface area (Å²) in [7, 11) is 0. The summed E-state index contributed by atoms with van der Waals surface area (Å²) >= 11 is 0. The Morgan fingerprint density at radius 3 is 2.90 bits per heavy atom. The fourth-order valence-electron chi connectivity index (χ4n) is 3.00. The van der Waals surface area contributed by atoms with Crippen molar-refractivity contribution in [3.8, 4) is 17.0 Å². The van der Waals surface area contributed by atoms with Gasteiger partial charge in [-0.2, -0.15) is 0 Å². The van der Waals surface area contributed by atoms with Gasteiger partial charge in [-0.05, 0) is 42.0 Å². The van der Waals surface area contributed by atoms with E-state index in [-0.39, 0.29) is 12.4 Å². The highest BCUT2D eigenvalue weighted by molar-refractivity contribution is 5.89. The minimum atomic E-state index is -0.704. The van der Waals surface area contributed by atoms with Crippen molar-refractivity contribution in [3.05, 3.63) is 78.2 Å². The maximum atomic E-state index is 13.2. The van der Waals surface area contributed by atoms with Gasteiger partial charge in [-0.1, -0.05) is 29.4 Å². The maximum Gasteiger partial charge on any atom is 0.258 e. The monoisotopic (exact) mass is 393 g/mol. The van der Waals surface area contributed by atoms with Gasteiger partial charge < -0.3 is 19.7 Å². The SMILES string of the molecule is O[C@H](CNCc1cccc(F)c1)COc1cccc(-c2noc3ncccc23)c1. The number of hydrogen-bond donors (Lipinski definition) is 2. The first-order chi connectivity index (χ1) is 14.2. The molecule has 7 heteroatoms. The number of aliphatic hydroxyl groups is 1. The van der Waals surface area contributed by atoms with E-state index in [2.05, 4.69) is 15.5 Å². The van der Waals surface area contributed by atoms with E-state index in [0.717, 1.165) is 16.5 Å². The molecule has 0 saturated carbocycles. The second-order valence-corrected chi connectivity index (χ2v) is 6.64. The lowest BCUT2D eigenvalue weighted by atomic mass is 10.1. The number of nitrogens with zero attached hydrogens (tertiary/aromatic N) is 2. The number of pyridine rings is 1. The number of aromatic nitrogens is 2. The average Bonchev–Trinajstić information content (AvgIpc) is 3.17. The summed E-state index contributed by atoms with van der Waals surface area (Å²) in [5.74, 6) is 0.343. The van der Waals surface area contributed by atoms with E-state index >= 15 is 0 Å². The van der Waals surface area contributed by atoms with Crippen molar-refractivity contribution in [2.45, 2.75) is 12.6 Å². The molecule has 0 radical (unpaired) electrons. The fraction of sp³-hybridized carbons (Fsp3) is 0.182. The van der Waals surface area contributed by atoms with Crippen LogP contribution in [0.25, 0.3) is 22.4 Å². The highest BCUT2D eigenvalue weighted by Gasteiger charge is 2.12. The number of aliphatic hydroxyl groups excluding tert-OH is 1. The van der Waals surface area contributed by atoms with Crippen LogP contribution in [0.2, 0.25) is 0 Å². The standard InChI is InChI=1S/C22H20FN3O3/c23-17-6-1-4-15(10-17)12-24-13-18(27)14-28-19-7-2-5-16(11-19)21-20-8-3-9-25-22(20)29-26-21/h1-11,18,24,27H,12-14H2/t18-/m1/s1. The summed E-state index contributed by atoms with van der Waals surface area (Å²) in [6.45, 7) is 0.925. The molecule has 29 heavy (non-hydrogen) atoms. The number of benzene rings is 2. The molecule has 6 nitrogen and oxygen atoms in total. The zero-order valence-electron chi connectivity index (χ0n) is 15.6. The zero-order valence-corrected chi connectivity index (χ0v) is 15.6. The molecule has 4 rings (SSSR count). The van der Waals surface area contributed by atoms with Crippen LogP contribution in [0, 0.1) is 5.82 Å². The van der Waals surface area contributed by atoms with Crippen LogP contribution in [0.4, 0.5) is 4.39 Å². The third kappa shape index (κ3) is 4.77. The summed E-state index contributed by atoms with van der Waals surface area (Å²) in [4.78, 5) is 4.14. The van der Waals surface area contributed by atoms with Crippen molar-refractivity contribution >= 4 is 11.1 Å². The second-order valence-electron chi connectivity index (χ2n) is 6.64. The molecular formula is C22H20FN3O3. The van der Waals surface area contributed by atoms with E-state index in [1.807, 2.05) is 42.5 Å². The van der Waals surface area contributed by atoms with Gasteiger partial charge in [0.25, 0.3) is 5.71 Å². The summed E-state index contributed by atoms with van der Waals surface area (Å²) in [5, 5.41) is 18.2. The Labute approximate surface area is 166 Å². The van der Waals surface area contributed by atoms with Gasteiger partial charge >= 0.3 is 0 Å². The minimum Gasteiger partial charge on any atom is -0.491 e. The quantitative estimate of drug-likeness (QED) is 0.477. The van der Waals surface area contributed by atoms with Crippen molar-refractivity contribution in [1.82, 2.24) is 15.5 Å². The van der Waals surface area contributed by atoms with E-state index in [9.17, 15) is 9.50 Å². The predicted molar refractivity (Wildman–Crippen MR) is 107 cm³/mol. The maximum absolute atomic E-state index is 13.2. The van der Waals surface area contributed by atoms with Crippen LogP contribution in [0.5, 0.6) is 5.75 Å². The molecule has 4 aromatic rings. The Morgan fingerprint density at radius 1 is 1.10 bits per heavy atom. The van der Waals surface area contributed by atoms with Gasteiger partial charge in [0.05, 0.1) is 5.39 Å². The normalized spacial score (nSPS) is 12.2. The molecule has 0 aliphatic heterocycles. The van der Waals surface area contributed by atoms with E-state index in [1.165, 1.54) is 12.1 Å². The van der Waals surface area contributed by atoms with Crippen molar-refractivity contribution in [2.24, 2.45) is 0 Å². The molecule has 0 fully saturated rings. The van der Waals surface area contributed by atoms with Crippen molar-refractivity contribution in [3.63, 3.8) is 0 Å². The third-order valence-corrected chi connectivity index (χ3v) is 4.40. The molecule has 0 bridgehead atoms. The number of halogens is 1. The molecule has 1 atom stereocenters. The first kappa shape index (κ1) is 19.0. The molecule has 0 spiro atoms. The van der Waals surface area contributed by atoms with Crippen molar-refractivity contribution in [1.29, 1.82) is 0 Å². The van der Waals surface area contributed by atoms with Gasteiger partial charge in [0.1, 0.15) is 30.0 Å². The van der Waals surface area contributed by atoms with Crippen LogP contribution in [0.15, 0.2) is 71.4 Å². The van der Waals surface area contributed by atoms with E-state index in [4.69, 9.17) is 9.26 Å². The van der Waals surface area contributed by atoms with Crippen LogP contribution in [-0.2, 0) is 6.54 Å². The van der Waals surface area contributed by atoms with E-state index in [1.54, 1.807) is 12.3 Å². The number of fused-ring (bicyclic) bond motifs is 1. The Hall–Kier alpha value is -3.29. The van der Waals surface area contributed by atoms with Crippen molar-refractivity contribution in [2.75, 3.05) is 13.2 Å². The first-order valence-electron chi connectivity index (χ1n) is 9.26. The molecule has 2 aromatic heterocycles. The smallest absolute Gasteiger partial charge is 0.258 e. The lowest BCUT2D eigenvalue weighted by Crippen LogP contribution is -2.31. The summed E-state index contributed by atoms with van der Waals surface area (Å²) in [5.41, 5.74) is 2.83. The van der Waals surface area contributed by atoms with Gasteiger partial charge in [0, 0.05) is 24.8 Å². The largest absolute Gasteiger partial charge is 0.491 e. The summed E-state index contributed by atoms with van der Waals surface area (Å²) < 4.78 is 24.1. The highest BCUT2D eigenvalue weighted by atomic mass is 19.1. The van der Waals surface area contributed by atoms with Crippen LogP contribution >= 0.6 is 0 Å². The Kier molecular flexibility index (Phi) is 5.79. The number of hydrogen-bond acceptors (Lipinski definition) is 6. The molecule has 0 aliphatic carbocycles. The van der Waals surface area contributed by atoms with E-state index in [0.29, 0.717) is 30.2 Å². The Morgan fingerprint density at radius 2 is 2.00 bits per heavy atom. The first-order valence-corrected chi connectivity index (χ1v) is 9.26. The van der Waals surface area contributed by atoms with Gasteiger partial charge in [-0.3, -0.25) is 0 Å².